The molecule has 7 heteroatoms. The Bertz CT molecular complexity index is 659. The van der Waals surface area contributed by atoms with Crippen LogP contribution in [-0.2, 0) is 13.0 Å². The van der Waals surface area contributed by atoms with Crippen LogP contribution in [0.5, 0.6) is 0 Å². The number of aromatic nitrogens is 3. The van der Waals surface area contributed by atoms with E-state index in [0.717, 1.165) is 17.7 Å². The molecule has 0 bridgehead atoms. The fourth-order valence-electron chi connectivity index (χ4n) is 1.99. The molecule has 0 fully saturated rings. The van der Waals surface area contributed by atoms with Crippen LogP contribution in [0.2, 0.25) is 10.3 Å². The highest BCUT2D eigenvalue weighted by molar-refractivity contribution is 6.35. The number of amides is 1. The summed E-state index contributed by atoms with van der Waals surface area (Å²) in [6, 6.07) is 3.43. The van der Waals surface area contributed by atoms with Gasteiger partial charge in [0.2, 0.25) is 0 Å². The van der Waals surface area contributed by atoms with E-state index in [1.54, 1.807) is 16.8 Å². The summed E-state index contributed by atoms with van der Waals surface area (Å²) >= 11 is 11.9. The Morgan fingerprint density at radius 3 is 2.62 bits per heavy atom. The molecule has 1 N–H and O–H groups in total. The minimum Gasteiger partial charge on any atom is -0.318 e. The number of carbonyl (C=O) groups excluding carboxylic acids is 1. The molecule has 0 spiro atoms. The predicted octanol–water partition coefficient (Wildman–Crippen LogP) is 3.73. The summed E-state index contributed by atoms with van der Waals surface area (Å²) < 4.78 is 1.67. The Morgan fingerprint density at radius 2 is 2.05 bits per heavy atom. The molecule has 0 aromatic carbocycles. The van der Waals surface area contributed by atoms with Gasteiger partial charge in [0.1, 0.15) is 10.8 Å². The number of hydrogen-bond acceptors (Lipinski definition) is 3. The minimum atomic E-state index is -0.266. The second kappa shape index (κ2) is 6.45. The van der Waals surface area contributed by atoms with E-state index in [1.165, 1.54) is 0 Å². The number of nitrogens with zero attached hydrogens (tertiary/aromatic N) is 3. The first kappa shape index (κ1) is 15.8. The van der Waals surface area contributed by atoms with Gasteiger partial charge in [-0.25, -0.2) is 4.98 Å². The van der Waals surface area contributed by atoms with Crippen LogP contribution < -0.4 is 5.32 Å². The van der Waals surface area contributed by atoms with Gasteiger partial charge in [-0.1, -0.05) is 30.1 Å². The number of halogens is 2. The van der Waals surface area contributed by atoms with E-state index >= 15 is 0 Å². The number of rotatable bonds is 4. The molecule has 2 rings (SSSR count). The van der Waals surface area contributed by atoms with Crippen molar-refractivity contribution in [2.75, 3.05) is 5.32 Å². The molecule has 2 aromatic heterocycles. The zero-order chi connectivity index (χ0) is 15.6. The minimum absolute atomic E-state index is 0.173. The Kier molecular flexibility index (Phi) is 4.85. The second-order valence-corrected chi connectivity index (χ2v) is 5.32. The maximum Gasteiger partial charge on any atom is 0.274 e. The molecule has 0 saturated carbocycles. The van der Waals surface area contributed by atoms with Crippen LogP contribution in [0.4, 0.5) is 5.69 Å². The fraction of sp³-hybridized carbons (Fsp3) is 0.357. The molecule has 1 amide bonds. The summed E-state index contributed by atoms with van der Waals surface area (Å²) in [6.45, 7) is 6.36. The van der Waals surface area contributed by atoms with E-state index in [0.29, 0.717) is 23.1 Å². The molecule has 0 atom stereocenters. The molecule has 21 heavy (non-hydrogen) atoms. The van der Waals surface area contributed by atoms with Crippen molar-refractivity contribution in [3.8, 4) is 0 Å². The molecular formula is C14H16Cl2N4O. The first-order valence-corrected chi connectivity index (χ1v) is 7.42. The Labute approximate surface area is 133 Å². The van der Waals surface area contributed by atoms with E-state index in [4.69, 9.17) is 23.2 Å². The smallest absolute Gasteiger partial charge is 0.274 e. The van der Waals surface area contributed by atoms with Gasteiger partial charge in [-0.15, -0.1) is 0 Å². The molecule has 0 radical (unpaired) electrons. The van der Waals surface area contributed by atoms with Gasteiger partial charge in [0.05, 0.1) is 11.4 Å². The third kappa shape index (κ3) is 3.36. The number of aryl methyl sites for hydroxylation is 3. The number of pyridine rings is 1. The third-order valence-electron chi connectivity index (χ3n) is 3.10. The Hall–Kier alpha value is -1.59. The molecule has 5 nitrogen and oxygen atoms in total. The summed E-state index contributed by atoms with van der Waals surface area (Å²) in [5.41, 5.74) is 2.60. The standard InChI is InChI=1S/C14H16Cl2N4O/c1-4-9-7-10(20(5-2)19-9)14(21)18-12-8(3)6-11(15)17-13(12)16/h6-7H,4-5H2,1-3H3,(H,18,21). The van der Waals surface area contributed by atoms with Crippen molar-refractivity contribution in [1.29, 1.82) is 0 Å². The van der Waals surface area contributed by atoms with Crippen molar-refractivity contribution < 1.29 is 4.79 Å². The first-order chi connectivity index (χ1) is 9.96. The third-order valence-corrected chi connectivity index (χ3v) is 3.57. The molecule has 2 heterocycles. The van der Waals surface area contributed by atoms with Crippen LogP contribution in [0, 0.1) is 6.92 Å². The van der Waals surface area contributed by atoms with Gasteiger partial charge in [-0.3, -0.25) is 9.48 Å². The Balaban J connectivity index is 2.32. The lowest BCUT2D eigenvalue weighted by molar-refractivity contribution is 0.101. The van der Waals surface area contributed by atoms with E-state index in [2.05, 4.69) is 15.4 Å². The van der Waals surface area contributed by atoms with Gasteiger partial charge in [0.25, 0.3) is 5.91 Å². The van der Waals surface area contributed by atoms with Gasteiger partial charge in [-0.2, -0.15) is 5.10 Å². The number of nitrogens with one attached hydrogen (secondary N) is 1. The Morgan fingerprint density at radius 1 is 1.33 bits per heavy atom. The monoisotopic (exact) mass is 326 g/mol. The summed E-state index contributed by atoms with van der Waals surface area (Å²) in [5.74, 6) is -0.266. The highest BCUT2D eigenvalue weighted by atomic mass is 35.5. The molecule has 0 aliphatic carbocycles. The van der Waals surface area contributed by atoms with Crippen molar-refractivity contribution in [2.24, 2.45) is 0 Å². The van der Waals surface area contributed by atoms with Crippen LogP contribution in [0.3, 0.4) is 0 Å². The van der Waals surface area contributed by atoms with Gasteiger partial charge in [-0.05, 0) is 38.0 Å². The van der Waals surface area contributed by atoms with E-state index in [-0.39, 0.29) is 11.1 Å². The van der Waals surface area contributed by atoms with Crippen LogP contribution in [0.25, 0.3) is 0 Å². The topological polar surface area (TPSA) is 59.8 Å². The number of carbonyl (C=O) groups is 1. The van der Waals surface area contributed by atoms with Crippen molar-refractivity contribution in [3.05, 3.63) is 39.4 Å². The van der Waals surface area contributed by atoms with Crippen LogP contribution in [0.15, 0.2) is 12.1 Å². The van der Waals surface area contributed by atoms with Crippen molar-refractivity contribution in [2.45, 2.75) is 33.7 Å². The largest absolute Gasteiger partial charge is 0.318 e. The zero-order valence-corrected chi connectivity index (χ0v) is 13.6. The average Bonchev–Trinajstić information content (AvgIpc) is 2.86. The van der Waals surface area contributed by atoms with E-state index in [9.17, 15) is 4.79 Å². The van der Waals surface area contributed by atoms with Crippen molar-refractivity contribution >= 4 is 34.8 Å². The molecule has 0 saturated heterocycles. The van der Waals surface area contributed by atoms with Crippen molar-refractivity contribution in [1.82, 2.24) is 14.8 Å². The lowest BCUT2D eigenvalue weighted by atomic mass is 10.2. The van der Waals surface area contributed by atoms with Crippen molar-refractivity contribution in [3.63, 3.8) is 0 Å². The SMILES string of the molecule is CCc1cc(C(=O)Nc2c(C)cc(Cl)nc2Cl)n(CC)n1. The average molecular weight is 327 g/mol. The molecule has 0 unspecified atom stereocenters. The quantitative estimate of drug-likeness (QED) is 0.871. The highest BCUT2D eigenvalue weighted by Crippen LogP contribution is 2.27. The fourth-order valence-corrected chi connectivity index (χ4v) is 2.57. The lowest BCUT2D eigenvalue weighted by Crippen LogP contribution is -2.18. The number of hydrogen-bond donors (Lipinski definition) is 1. The van der Waals surface area contributed by atoms with E-state index in [1.807, 2.05) is 20.8 Å². The molecule has 0 aliphatic rings. The van der Waals surface area contributed by atoms with Crippen LogP contribution in [0.1, 0.15) is 35.6 Å². The molecular weight excluding hydrogens is 311 g/mol. The maximum absolute atomic E-state index is 12.4. The summed E-state index contributed by atoms with van der Waals surface area (Å²) in [7, 11) is 0. The van der Waals surface area contributed by atoms with Gasteiger partial charge in [0, 0.05) is 6.54 Å². The van der Waals surface area contributed by atoms with Gasteiger partial charge in [0.15, 0.2) is 5.15 Å². The summed E-state index contributed by atoms with van der Waals surface area (Å²) in [4.78, 5) is 16.4. The van der Waals surface area contributed by atoms with Crippen LogP contribution >= 0.6 is 23.2 Å². The highest BCUT2D eigenvalue weighted by Gasteiger charge is 2.17. The van der Waals surface area contributed by atoms with Gasteiger partial charge < -0.3 is 5.32 Å². The predicted molar refractivity (Wildman–Crippen MR) is 84.2 cm³/mol. The molecule has 2 aromatic rings. The van der Waals surface area contributed by atoms with E-state index < -0.39 is 0 Å². The lowest BCUT2D eigenvalue weighted by Gasteiger charge is -2.10. The maximum atomic E-state index is 12.4. The second-order valence-electron chi connectivity index (χ2n) is 4.57. The summed E-state index contributed by atoms with van der Waals surface area (Å²) in [6.07, 6.45) is 0.773. The normalized spacial score (nSPS) is 10.7. The van der Waals surface area contributed by atoms with Gasteiger partial charge >= 0.3 is 0 Å². The number of anilines is 1. The molecule has 0 aliphatic heterocycles. The van der Waals surface area contributed by atoms with Crippen LogP contribution in [-0.4, -0.2) is 20.7 Å². The zero-order valence-electron chi connectivity index (χ0n) is 12.1. The first-order valence-electron chi connectivity index (χ1n) is 6.67. The molecule has 112 valence electrons. The summed E-state index contributed by atoms with van der Waals surface area (Å²) in [5, 5.41) is 7.60.